The fourth-order valence-corrected chi connectivity index (χ4v) is 1.96. The predicted molar refractivity (Wildman–Crippen MR) is 75.4 cm³/mol. The summed E-state index contributed by atoms with van der Waals surface area (Å²) in [7, 11) is 0. The Hall–Kier alpha value is -2.72. The van der Waals surface area contributed by atoms with E-state index in [0.29, 0.717) is 0 Å². The van der Waals surface area contributed by atoms with Crippen molar-refractivity contribution in [1.29, 1.82) is 5.26 Å². The Kier molecular flexibility index (Phi) is 4.48. The molecule has 0 aliphatic heterocycles. The molecule has 118 valence electrons. The first-order valence-corrected chi connectivity index (χ1v) is 6.42. The molecule has 0 aliphatic rings. The van der Waals surface area contributed by atoms with Crippen molar-refractivity contribution in [2.75, 3.05) is 0 Å². The van der Waals surface area contributed by atoms with E-state index < -0.39 is 23.3 Å². The summed E-state index contributed by atoms with van der Waals surface area (Å²) in [5, 5.41) is 17.5. The van der Waals surface area contributed by atoms with Crippen molar-refractivity contribution in [3.8, 4) is 17.4 Å². The molecule has 0 spiro atoms. The zero-order chi connectivity index (χ0) is 17.2. The number of hydrogen-bond acceptors (Lipinski definition) is 3. The van der Waals surface area contributed by atoms with E-state index in [1.165, 1.54) is 18.2 Å². The molecule has 0 saturated heterocycles. The van der Waals surface area contributed by atoms with E-state index in [0.717, 1.165) is 24.3 Å². The molecule has 1 N–H and O–H groups in total. The van der Waals surface area contributed by atoms with Gasteiger partial charge < -0.3 is 9.52 Å². The summed E-state index contributed by atoms with van der Waals surface area (Å²) >= 11 is 5.88. The van der Waals surface area contributed by atoms with Gasteiger partial charge in [0.1, 0.15) is 23.2 Å². The zero-order valence-electron chi connectivity index (χ0n) is 11.2. The van der Waals surface area contributed by atoms with Gasteiger partial charge in [-0.05, 0) is 30.3 Å². The molecule has 0 unspecified atom stereocenters. The van der Waals surface area contributed by atoms with Crippen molar-refractivity contribution < 1.29 is 27.5 Å². The normalized spacial score (nSPS) is 12.0. The minimum atomic E-state index is -4.54. The van der Waals surface area contributed by atoms with Crippen LogP contribution in [0, 0.1) is 11.3 Å². The number of rotatable bonds is 3. The largest absolute Gasteiger partial charge is 0.477 e. The third-order valence-corrected chi connectivity index (χ3v) is 3.15. The van der Waals surface area contributed by atoms with Gasteiger partial charge >= 0.3 is 12.1 Å². The lowest BCUT2D eigenvalue weighted by molar-refractivity contribution is -0.137. The smallest absolute Gasteiger partial charge is 0.416 e. The molecule has 0 fully saturated rings. The van der Waals surface area contributed by atoms with Crippen LogP contribution in [0.2, 0.25) is 5.02 Å². The van der Waals surface area contributed by atoms with Crippen LogP contribution in [0.1, 0.15) is 11.3 Å². The van der Waals surface area contributed by atoms with Crippen LogP contribution >= 0.6 is 11.6 Å². The van der Waals surface area contributed by atoms with Crippen LogP contribution in [0.25, 0.3) is 17.4 Å². The standard InChI is InChI=1S/C15H7ClF3NO3/c16-12-3-1-9(15(17,18)19)6-11(12)13-4-2-10(23-13)5-8(7-20)14(21)22/h1-6H,(H,21,22)/b8-5-. The highest BCUT2D eigenvalue weighted by Gasteiger charge is 2.31. The zero-order valence-corrected chi connectivity index (χ0v) is 11.9. The quantitative estimate of drug-likeness (QED) is 0.653. The van der Waals surface area contributed by atoms with Crippen LogP contribution in [-0.2, 0) is 11.0 Å². The number of alkyl halides is 3. The van der Waals surface area contributed by atoms with E-state index in [1.807, 2.05) is 0 Å². The minimum Gasteiger partial charge on any atom is -0.477 e. The van der Waals surface area contributed by atoms with Crippen LogP contribution in [0.15, 0.2) is 40.3 Å². The summed E-state index contributed by atoms with van der Waals surface area (Å²) in [6.07, 6.45) is -3.57. The van der Waals surface area contributed by atoms with Crippen molar-refractivity contribution in [2.45, 2.75) is 6.18 Å². The monoisotopic (exact) mass is 341 g/mol. The molecule has 4 nitrogen and oxygen atoms in total. The van der Waals surface area contributed by atoms with Crippen molar-refractivity contribution in [3.63, 3.8) is 0 Å². The van der Waals surface area contributed by atoms with Gasteiger partial charge in [-0.1, -0.05) is 11.6 Å². The van der Waals surface area contributed by atoms with Gasteiger partial charge in [0.05, 0.1) is 10.6 Å². The lowest BCUT2D eigenvalue weighted by Crippen LogP contribution is -2.04. The minimum absolute atomic E-state index is 0.00688. The van der Waals surface area contributed by atoms with Gasteiger partial charge in [0.15, 0.2) is 0 Å². The number of nitrogens with zero attached hydrogens (tertiary/aromatic N) is 1. The van der Waals surface area contributed by atoms with E-state index in [1.54, 1.807) is 0 Å². The number of furan rings is 1. The Bertz CT molecular complexity index is 831. The highest BCUT2D eigenvalue weighted by atomic mass is 35.5. The first-order chi connectivity index (χ1) is 10.7. The maximum absolute atomic E-state index is 12.7. The number of hydrogen-bond donors (Lipinski definition) is 1. The van der Waals surface area contributed by atoms with Crippen LogP contribution in [-0.4, -0.2) is 11.1 Å². The molecule has 1 aromatic heterocycles. The molecule has 0 bridgehead atoms. The summed E-state index contributed by atoms with van der Waals surface area (Å²) in [6.45, 7) is 0. The summed E-state index contributed by atoms with van der Waals surface area (Å²) in [6, 6.07) is 6.89. The molecule has 1 heterocycles. The van der Waals surface area contributed by atoms with Crippen LogP contribution in [0.4, 0.5) is 13.2 Å². The van der Waals surface area contributed by atoms with E-state index in [4.69, 9.17) is 26.4 Å². The van der Waals surface area contributed by atoms with E-state index in [9.17, 15) is 18.0 Å². The van der Waals surface area contributed by atoms with E-state index in [2.05, 4.69) is 0 Å². The van der Waals surface area contributed by atoms with E-state index in [-0.39, 0.29) is 22.1 Å². The predicted octanol–water partition coefficient (Wildman–Crippen LogP) is 4.61. The van der Waals surface area contributed by atoms with Gasteiger partial charge in [-0.2, -0.15) is 18.4 Å². The molecule has 0 radical (unpaired) electrons. The first kappa shape index (κ1) is 16.6. The molecular formula is C15H7ClF3NO3. The first-order valence-electron chi connectivity index (χ1n) is 6.04. The number of carboxylic acids is 1. The topological polar surface area (TPSA) is 74.2 Å². The summed E-state index contributed by atoms with van der Waals surface area (Å²) in [5.41, 5.74) is -1.45. The van der Waals surface area contributed by atoms with Crippen molar-refractivity contribution in [2.24, 2.45) is 0 Å². The maximum atomic E-state index is 12.7. The van der Waals surface area contributed by atoms with Gasteiger partial charge in [0.2, 0.25) is 0 Å². The second kappa shape index (κ2) is 6.18. The lowest BCUT2D eigenvalue weighted by atomic mass is 10.1. The number of aliphatic carboxylic acids is 1. The Morgan fingerprint density at radius 1 is 1.30 bits per heavy atom. The average Bonchev–Trinajstić information content (AvgIpc) is 2.92. The second-order valence-corrected chi connectivity index (χ2v) is 4.78. The molecule has 23 heavy (non-hydrogen) atoms. The average molecular weight is 342 g/mol. The van der Waals surface area contributed by atoms with Crippen LogP contribution < -0.4 is 0 Å². The molecular weight excluding hydrogens is 335 g/mol. The molecule has 0 atom stereocenters. The molecule has 1 aromatic carbocycles. The van der Waals surface area contributed by atoms with Gasteiger partial charge in [0, 0.05) is 11.6 Å². The van der Waals surface area contributed by atoms with Gasteiger partial charge in [-0.15, -0.1) is 0 Å². The lowest BCUT2D eigenvalue weighted by Gasteiger charge is -2.09. The molecule has 0 amide bonds. The number of carboxylic acid groups (broad SMARTS) is 1. The van der Waals surface area contributed by atoms with Crippen molar-refractivity contribution >= 4 is 23.6 Å². The third kappa shape index (κ3) is 3.73. The van der Waals surface area contributed by atoms with Crippen molar-refractivity contribution in [1.82, 2.24) is 0 Å². The van der Waals surface area contributed by atoms with Crippen LogP contribution in [0.3, 0.4) is 0 Å². The second-order valence-electron chi connectivity index (χ2n) is 4.37. The fraction of sp³-hybridized carbons (Fsp3) is 0.0667. The number of nitriles is 1. The number of halogens is 4. The third-order valence-electron chi connectivity index (χ3n) is 2.82. The van der Waals surface area contributed by atoms with Gasteiger partial charge in [0.25, 0.3) is 0 Å². The Morgan fingerprint density at radius 3 is 2.57 bits per heavy atom. The Morgan fingerprint density at radius 2 is 2.00 bits per heavy atom. The summed E-state index contributed by atoms with van der Waals surface area (Å²) < 4.78 is 43.5. The van der Waals surface area contributed by atoms with Gasteiger partial charge in [-0.25, -0.2) is 4.79 Å². The van der Waals surface area contributed by atoms with Gasteiger partial charge in [-0.3, -0.25) is 0 Å². The van der Waals surface area contributed by atoms with E-state index >= 15 is 0 Å². The molecule has 0 saturated carbocycles. The summed E-state index contributed by atoms with van der Waals surface area (Å²) in [4.78, 5) is 10.7. The molecule has 2 aromatic rings. The number of benzene rings is 1. The Balaban J connectivity index is 2.46. The SMILES string of the molecule is N#C/C(=C/c1ccc(-c2cc(C(F)(F)F)ccc2Cl)o1)C(=O)O. The number of carbonyl (C=O) groups is 1. The van der Waals surface area contributed by atoms with Crippen LogP contribution in [0.5, 0.6) is 0 Å². The molecule has 0 aliphatic carbocycles. The maximum Gasteiger partial charge on any atom is 0.416 e. The Labute approximate surface area is 133 Å². The molecule has 8 heteroatoms. The fourth-order valence-electron chi connectivity index (χ4n) is 1.75. The summed E-state index contributed by atoms with van der Waals surface area (Å²) in [5.74, 6) is -1.41. The van der Waals surface area contributed by atoms with Crippen molar-refractivity contribution in [3.05, 3.63) is 52.3 Å². The highest BCUT2D eigenvalue weighted by molar-refractivity contribution is 6.33. The molecule has 2 rings (SSSR count). The highest BCUT2D eigenvalue weighted by Crippen LogP contribution is 2.36.